The molecule has 21 heavy (non-hydrogen) atoms. The zero-order chi connectivity index (χ0) is 15.5. The molecule has 0 aliphatic rings. The predicted molar refractivity (Wildman–Crippen MR) is 91.1 cm³/mol. The van der Waals surface area contributed by atoms with Crippen molar-refractivity contribution in [3.63, 3.8) is 0 Å². The highest BCUT2D eigenvalue weighted by molar-refractivity contribution is 6.30. The van der Waals surface area contributed by atoms with Crippen LogP contribution in [0.4, 0.5) is 0 Å². The van der Waals surface area contributed by atoms with E-state index >= 15 is 0 Å². The standard InChI is InChI=1S/C17H29ClN2O/c1-4-11-19-17(15-6-8-16(18)9-7-15)10-12-20(5-2)13-14-21-3/h6-9,17,19H,4-5,10-14H2,1-3H3. The third-order valence-electron chi connectivity index (χ3n) is 3.71. The molecule has 1 aromatic carbocycles. The third kappa shape index (κ3) is 7.28. The number of methoxy groups -OCH3 is 1. The number of rotatable bonds is 11. The number of hydrogen-bond donors (Lipinski definition) is 1. The van der Waals surface area contributed by atoms with E-state index in [0.717, 1.165) is 50.7 Å². The average molecular weight is 313 g/mol. The number of halogens is 1. The lowest BCUT2D eigenvalue weighted by Gasteiger charge is -2.25. The fourth-order valence-corrected chi connectivity index (χ4v) is 2.49. The molecule has 1 atom stereocenters. The smallest absolute Gasteiger partial charge is 0.0589 e. The SMILES string of the molecule is CCCNC(CCN(CC)CCOC)c1ccc(Cl)cc1. The van der Waals surface area contributed by atoms with Gasteiger partial charge < -0.3 is 15.0 Å². The summed E-state index contributed by atoms with van der Waals surface area (Å²) in [5.41, 5.74) is 1.32. The Labute approximate surface area is 134 Å². The summed E-state index contributed by atoms with van der Waals surface area (Å²) in [5.74, 6) is 0. The van der Waals surface area contributed by atoms with Crippen molar-refractivity contribution in [1.29, 1.82) is 0 Å². The van der Waals surface area contributed by atoms with E-state index in [9.17, 15) is 0 Å². The van der Waals surface area contributed by atoms with Crippen molar-refractivity contribution in [3.8, 4) is 0 Å². The van der Waals surface area contributed by atoms with E-state index in [0.29, 0.717) is 6.04 Å². The fourth-order valence-electron chi connectivity index (χ4n) is 2.36. The highest BCUT2D eigenvalue weighted by Gasteiger charge is 2.12. The molecule has 0 amide bonds. The molecule has 0 heterocycles. The first kappa shape index (κ1) is 18.4. The monoisotopic (exact) mass is 312 g/mol. The van der Waals surface area contributed by atoms with E-state index in [1.165, 1.54) is 5.56 Å². The summed E-state index contributed by atoms with van der Waals surface area (Å²) in [5, 5.41) is 4.43. The van der Waals surface area contributed by atoms with Crippen LogP contribution in [0.1, 0.15) is 38.3 Å². The van der Waals surface area contributed by atoms with Crippen LogP contribution in [0.2, 0.25) is 5.02 Å². The molecule has 1 rings (SSSR count). The minimum absolute atomic E-state index is 0.388. The van der Waals surface area contributed by atoms with Crippen LogP contribution in [0.25, 0.3) is 0 Å². The highest BCUT2D eigenvalue weighted by Crippen LogP contribution is 2.20. The lowest BCUT2D eigenvalue weighted by atomic mass is 10.0. The van der Waals surface area contributed by atoms with Crippen LogP contribution in [0.3, 0.4) is 0 Å². The van der Waals surface area contributed by atoms with E-state index < -0.39 is 0 Å². The molecule has 1 N–H and O–H groups in total. The zero-order valence-corrected chi connectivity index (χ0v) is 14.3. The number of hydrogen-bond acceptors (Lipinski definition) is 3. The number of likely N-dealkylation sites (N-methyl/N-ethyl adjacent to an activating group) is 1. The van der Waals surface area contributed by atoms with Crippen LogP contribution >= 0.6 is 11.6 Å². The van der Waals surface area contributed by atoms with Crippen molar-refractivity contribution in [2.24, 2.45) is 0 Å². The molecule has 120 valence electrons. The van der Waals surface area contributed by atoms with Crippen molar-refractivity contribution in [3.05, 3.63) is 34.9 Å². The van der Waals surface area contributed by atoms with Crippen molar-refractivity contribution in [2.45, 2.75) is 32.7 Å². The lowest BCUT2D eigenvalue weighted by Crippen LogP contribution is -2.32. The van der Waals surface area contributed by atoms with Crippen molar-refractivity contribution < 1.29 is 4.74 Å². The van der Waals surface area contributed by atoms with Crippen molar-refractivity contribution in [1.82, 2.24) is 10.2 Å². The van der Waals surface area contributed by atoms with Crippen LogP contribution in [0, 0.1) is 0 Å². The third-order valence-corrected chi connectivity index (χ3v) is 3.96. The minimum atomic E-state index is 0.388. The van der Waals surface area contributed by atoms with Crippen LogP contribution in [0.15, 0.2) is 24.3 Å². The Bertz CT molecular complexity index is 370. The molecule has 4 heteroatoms. The Balaban J connectivity index is 2.58. The molecule has 1 aromatic rings. The van der Waals surface area contributed by atoms with Gasteiger partial charge in [0.1, 0.15) is 0 Å². The molecule has 0 fully saturated rings. The van der Waals surface area contributed by atoms with E-state index in [1.807, 2.05) is 12.1 Å². The summed E-state index contributed by atoms with van der Waals surface area (Å²) < 4.78 is 5.17. The first-order valence-corrected chi connectivity index (χ1v) is 8.29. The van der Waals surface area contributed by atoms with E-state index in [2.05, 4.69) is 36.2 Å². The van der Waals surface area contributed by atoms with Gasteiger partial charge in [0.2, 0.25) is 0 Å². The summed E-state index contributed by atoms with van der Waals surface area (Å²) in [6.45, 7) is 9.36. The van der Waals surface area contributed by atoms with Gasteiger partial charge in [0, 0.05) is 31.3 Å². The summed E-state index contributed by atoms with van der Waals surface area (Å²) >= 11 is 5.99. The number of benzene rings is 1. The van der Waals surface area contributed by atoms with Crippen LogP contribution in [0.5, 0.6) is 0 Å². The molecule has 0 spiro atoms. The maximum Gasteiger partial charge on any atom is 0.0589 e. The van der Waals surface area contributed by atoms with Gasteiger partial charge in [0.25, 0.3) is 0 Å². The van der Waals surface area contributed by atoms with E-state index in [1.54, 1.807) is 7.11 Å². The van der Waals surface area contributed by atoms with E-state index in [-0.39, 0.29) is 0 Å². The first-order valence-electron chi connectivity index (χ1n) is 7.91. The fraction of sp³-hybridized carbons (Fsp3) is 0.647. The summed E-state index contributed by atoms with van der Waals surface area (Å²) in [4.78, 5) is 2.43. The zero-order valence-electron chi connectivity index (χ0n) is 13.6. The first-order chi connectivity index (χ1) is 10.2. The van der Waals surface area contributed by atoms with Gasteiger partial charge in [-0.15, -0.1) is 0 Å². The lowest BCUT2D eigenvalue weighted by molar-refractivity contribution is 0.148. The Kier molecular flexibility index (Phi) is 9.68. The molecule has 0 aliphatic heterocycles. The van der Waals surface area contributed by atoms with Crippen molar-refractivity contribution in [2.75, 3.05) is 39.9 Å². The van der Waals surface area contributed by atoms with Gasteiger partial charge in [0.05, 0.1) is 6.61 Å². The quantitative estimate of drug-likeness (QED) is 0.673. The number of nitrogens with one attached hydrogen (secondary N) is 1. The largest absolute Gasteiger partial charge is 0.383 e. The van der Waals surface area contributed by atoms with Gasteiger partial charge in [-0.3, -0.25) is 0 Å². The second-order valence-corrected chi connectivity index (χ2v) is 5.71. The second kappa shape index (κ2) is 11.0. The van der Waals surface area contributed by atoms with Crippen molar-refractivity contribution >= 4 is 11.6 Å². The molecule has 0 saturated carbocycles. The highest BCUT2D eigenvalue weighted by atomic mass is 35.5. The Morgan fingerprint density at radius 3 is 2.48 bits per heavy atom. The Morgan fingerprint density at radius 2 is 1.90 bits per heavy atom. The molecule has 0 aromatic heterocycles. The molecular formula is C17H29ClN2O. The van der Waals surface area contributed by atoms with Crippen LogP contribution in [-0.4, -0.2) is 44.8 Å². The van der Waals surface area contributed by atoms with Crippen LogP contribution in [-0.2, 0) is 4.74 Å². The molecular weight excluding hydrogens is 284 g/mol. The topological polar surface area (TPSA) is 24.5 Å². The van der Waals surface area contributed by atoms with Gasteiger partial charge in [-0.2, -0.15) is 0 Å². The maximum atomic E-state index is 5.99. The normalized spacial score (nSPS) is 12.8. The van der Waals surface area contributed by atoms with Gasteiger partial charge in [0.15, 0.2) is 0 Å². The summed E-state index contributed by atoms with van der Waals surface area (Å²) in [6.07, 6.45) is 2.24. The van der Waals surface area contributed by atoms with Gasteiger partial charge in [-0.25, -0.2) is 0 Å². The van der Waals surface area contributed by atoms with Gasteiger partial charge in [-0.1, -0.05) is 37.6 Å². The van der Waals surface area contributed by atoms with Gasteiger partial charge >= 0.3 is 0 Å². The summed E-state index contributed by atoms with van der Waals surface area (Å²) in [7, 11) is 1.76. The maximum absolute atomic E-state index is 5.99. The molecule has 1 unspecified atom stereocenters. The Hall–Kier alpha value is -0.610. The average Bonchev–Trinajstić information content (AvgIpc) is 2.51. The van der Waals surface area contributed by atoms with Gasteiger partial charge in [-0.05, 0) is 43.6 Å². The molecule has 0 aliphatic carbocycles. The number of ether oxygens (including phenoxy) is 1. The van der Waals surface area contributed by atoms with Crippen LogP contribution < -0.4 is 5.32 Å². The minimum Gasteiger partial charge on any atom is -0.383 e. The summed E-state index contributed by atoms with van der Waals surface area (Å²) in [6, 6.07) is 8.58. The molecule has 0 bridgehead atoms. The molecule has 0 radical (unpaired) electrons. The molecule has 3 nitrogen and oxygen atoms in total. The predicted octanol–water partition coefficient (Wildman–Crippen LogP) is 3.74. The second-order valence-electron chi connectivity index (χ2n) is 5.27. The number of nitrogens with zero attached hydrogens (tertiary/aromatic N) is 1. The Morgan fingerprint density at radius 1 is 1.19 bits per heavy atom. The van der Waals surface area contributed by atoms with E-state index in [4.69, 9.17) is 16.3 Å². The molecule has 0 saturated heterocycles.